The molecule has 1 rings (SSSR count). The summed E-state index contributed by atoms with van der Waals surface area (Å²) in [5.74, 6) is 0. The SMILES string of the molecule is CC(C)(C)OC(=O)NCC=Cc1ccc(S(=O)(=O)F)cc1. The smallest absolute Gasteiger partial charge is 0.407 e. The van der Waals surface area contributed by atoms with E-state index < -0.39 is 21.9 Å². The van der Waals surface area contributed by atoms with E-state index in [1.165, 1.54) is 24.3 Å². The normalized spacial score (nSPS) is 12.4. The van der Waals surface area contributed by atoms with Crippen LogP contribution in [0.15, 0.2) is 35.2 Å². The van der Waals surface area contributed by atoms with Crippen molar-refractivity contribution in [3.8, 4) is 0 Å². The first-order chi connectivity index (χ1) is 9.58. The number of ether oxygens (including phenoxy) is 1. The zero-order chi connectivity index (χ0) is 16.1. The van der Waals surface area contributed by atoms with Crippen molar-refractivity contribution in [3.05, 3.63) is 35.9 Å². The lowest BCUT2D eigenvalue weighted by Crippen LogP contribution is -2.32. The summed E-state index contributed by atoms with van der Waals surface area (Å²) in [5, 5.41) is 2.54. The molecular formula is C14H18FNO4S. The molecule has 1 aromatic carbocycles. The Hall–Kier alpha value is -1.89. The van der Waals surface area contributed by atoms with E-state index in [1.807, 2.05) is 0 Å². The van der Waals surface area contributed by atoms with Crippen molar-refractivity contribution >= 4 is 22.4 Å². The zero-order valence-corrected chi connectivity index (χ0v) is 12.9. The van der Waals surface area contributed by atoms with E-state index in [0.717, 1.165) is 0 Å². The number of amides is 1. The number of alkyl carbamates (subject to hydrolysis) is 1. The third-order valence-electron chi connectivity index (χ3n) is 2.24. The van der Waals surface area contributed by atoms with Gasteiger partial charge in [-0.2, -0.15) is 8.42 Å². The van der Waals surface area contributed by atoms with Crippen LogP contribution in [0.2, 0.25) is 0 Å². The lowest BCUT2D eigenvalue weighted by Gasteiger charge is -2.19. The van der Waals surface area contributed by atoms with Crippen LogP contribution in [0.5, 0.6) is 0 Å². The molecule has 0 heterocycles. The first-order valence-corrected chi connectivity index (χ1v) is 7.64. The fourth-order valence-corrected chi connectivity index (χ4v) is 1.85. The van der Waals surface area contributed by atoms with Crippen LogP contribution in [0.1, 0.15) is 26.3 Å². The third kappa shape index (κ3) is 6.89. The molecule has 0 aliphatic carbocycles. The van der Waals surface area contributed by atoms with Gasteiger partial charge in [0, 0.05) is 6.54 Å². The van der Waals surface area contributed by atoms with Gasteiger partial charge in [-0.3, -0.25) is 0 Å². The van der Waals surface area contributed by atoms with E-state index in [-0.39, 0.29) is 11.4 Å². The van der Waals surface area contributed by atoms with E-state index in [4.69, 9.17) is 4.74 Å². The maximum Gasteiger partial charge on any atom is 0.407 e. The summed E-state index contributed by atoms with van der Waals surface area (Å²) in [5.41, 5.74) is 0.134. The molecule has 0 aliphatic rings. The first-order valence-electron chi connectivity index (χ1n) is 6.26. The van der Waals surface area contributed by atoms with Gasteiger partial charge in [-0.15, -0.1) is 3.89 Å². The van der Waals surface area contributed by atoms with Gasteiger partial charge in [0.25, 0.3) is 0 Å². The summed E-state index contributed by atoms with van der Waals surface area (Å²) in [7, 11) is -4.67. The fraction of sp³-hybridized carbons (Fsp3) is 0.357. The summed E-state index contributed by atoms with van der Waals surface area (Å²) in [6.45, 7) is 5.56. The second-order valence-electron chi connectivity index (χ2n) is 5.29. The molecule has 1 N–H and O–H groups in total. The summed E-state index contributed by atoms with van der Waals surface area (Å²) in [4.78, 5) is 11.0. The third-order valence-corrected chi connectivity index (χ3v) is 3.07. The first kappa shape index (κ1) is 17.2. The Balaban J connectivity index is 2.49. The number of nitrogens with one attached hydrogen (secondary N) is 1. The van der Waals surface area contributed by atoms with Crippen LogP contribution in [-0.4, -0.2) is 26.7 Å². The Morgan fingerprint density at radius 1 is 1.29 bits per heavy atom. The van der Waals surface area contributed by atoms with Crippen molar-refractivity contribution in [2.24, 2.45) is 0 Å². The van der Waals surface area contributed by atoms with Gasteiger partial charge in [0.05, 0.1) is 4.90 Å². The average molecular weight is 315 g/mol. The van der Waals surface area contributed by atoms with Crippen molar-refractivity contribution < 1.29 is 21.8 Å². The van der Waals surface area contributed by atoms with Crippen LogP contribution in [-0.2, 0) is 15.0 Å². The molecule has 1 aromatic rings. The molecule has 0 radical (unpaired) electrons. The van der Waals surface area contributed by atoms with Gasteiger partial charge in [0.1, 0.15) is 5.60 Å². The summed E-state index contributed by atoms with van der Waals surface area (Å²) >= 11 is 0. The molecule has 5 nitrogen and oxygen atoms in total. The molecule has 0 unspecified atom stereocenters. The Labute approximate surface area is 124 Å². The molecule has 116 valence electrons. The van der Waals surface area contributed by atoms with Crippen LogP contribution in [0, 0.1) is 0 Å². The second-order valence-corrected chi connectivity index (χ2v) is 6.64. The minimum absolute atomic E-state index is 0.262. The molecule has 1 amide bonds. The molecule has 0 aromatic heterocycles. The predicted octanol–water partition coefficient (Wildman–Crippen LogP) is 2.88. The van der Waals surface area contributed by atoms with Gasteiger partial charge in [-0.05, 0) is 38.5 Å². The number of carbonyl (C=O) groups is 1. The molecule has 21 heavy (non-hydrogen) atoms. The minimum atomic E-state index is -4.67. The van der Waals surface area contributed by atoms with E-state index >= 15 is 0 Å². The molecule has 0 saturated carbocycles. The highest BCUT2D eigenvalue weighted by molar-refractivity contribution is 7.86. The number of carbonyl (C=O) groups excluding carboxylic acids is 1. The van der Waals surface area contributed by atoms with E-state index in [2.05, 4.69) is 5.32 Å². The van der Waals surface area contributed by atoms with Crippen LogP contribution >= 0.6 is 0 Å². The monoisotopic (exact) mass is 315 g/mol. The Morgan fingerprint density at radius 3 is 2.33 bits per heavy atom. The lowest BCUT2D eigenvalue weighted by molar-refractivity contribution is 0.0534. The quantitative estimate of drug-likeness (QED) is 0.867. The molecule has 0 atom stereocenters. The highest BCUT2D eigenvalue weighted by Crippen LogP contribution is 2.13. The van der Waals surface area contributed by atoms with Gasteiger partial charge in [0.15, 0.2) is 0 Å². The number of hydrogen-bond donors (Lipinski definition) is 1. The summed E-state index contributed by atoms with van der Waals surface area (Å²) in [6.07, 6.45) is 2.82. The largest absolute Gasteiger partial charge is 0.444 e. The Kier molecular flexibility index (Phi) is 5.48. The van der Waals surface area contributed by atoms with E-state index in [9.17, 15) is 17.1 Å². The molecule has 0 fully saturated rings. The topological polar surface area (TPSA) is 72.5 Å². The molecule has 0 aliphatic heterocycles. The fourth-order valence-electron chi connectivity index (χ4n) is 1.39. The maximum atomic E-state index is 12.7. The molecular weight excluding hydrogens is 297 g/mol. The molecule has 0 bridgehead atoms. The molecule has 0 spiro atoms. The number of rotatable bonds is 4. The lowest BCUT2D eigenvalue weighted by atomic mass is 10.2. The van der Waals surface area contributed by atoms with E-state index in [0.29, 0.717) is 5.56 Å². The minimum Gasteiger partial charge on any atom is -0.444 e. The molecule has 7 heteroatoms. The van der Waals surface area contributed by atoms with Crippen molar-refractivity contribution in [2.45, 2.75) is 31.3 Å². The molecule has 0 saturated heterocycles. The Morgan fingerprint density at radius 2 is 1.86 bits per heavy atom. The zero-order valence-electron chi connectivity index (χ0n) is 12.1. The van der Waals surface area contributed by atoms with Crippen molar-refractivity contribution in [1.82, 2.24) is 5.32 Å². The summed E-state index contributed by atoms with van der Waals surface area (Å²) in [6, 6.07) is 5.29. The Bertz CT molecular complexity index is 615. The number of halogens is 1. The van der Waals surface area contributed by atoms with Crippen LogP contribution in [0.3, 0.4) is 0 Å². The average Bonchev–Trinajstić information content (AvgIpc) is 2.32. The number of benzene rings is 1. The van der Waals surface area contributed by atoms with Crippen molar-refractivity contribution in [2.75, 3.05) is 6.54 Å². The van der Waals surface area contributed by atoms with Crippen LogP contribution < -0.4 is 5.32 Å². The van der Waals surface area contributed by atoms with Gasteiger partial charge in [0.2, 0.25) is 0 Å². The maximum absolute atomic E-state index is 12.7. The van der Waals surface area contributed by atoms with Crippen LogP contribution in [0.25, 0.3) is 6.08 Å². The highest BCUT2D eigenvalue weighted by Gasteiger charge is 2.15. The van der Waals surface area contributed by atoms with Crippen molar-refractivity contribution in [1.29, 1.82) is 0 Å². The van der Waals surface area contributed by atoms with Crippen LogP contribution in [0.4, 0.5) is 8.68 Å². The van der Waals surface area contributed by atoms with Gasteiger partial charge in [-0.25, -0.2) is 4.79 Å². The highest BCUT2D eigenvalue weighted by atomic mass is 32.3. The van der Waals surface area contributed by atoms with Gasteiger partial charge < -0.3 is 10.1 Å². The van der Waals surface area contributed by atoms with Gasteiger partial charge >= 0.3 is 16.3 Å². The standard InChI is InChI=1S/C14H18FNO4S/c1-14(2,3)20-13(17)16-10-4-5-11-6-8-12(9-7-11)21(15,18)19/h4-9H,10H2,1-3H3,(H,16,17). The van der Waals surface area contributed by atoms with Gasteiger partial charge in [-0.1, -0.05) is 24.3 Å². The predicted molar refractivity (Wildman–Crippen MR) is 78.0 cm³/mol. The second kappa shape index (κ2) is 6.71. The van der Waals surface area contributed by atoms with E-state index in [1.54, 1.807) is 32.9 Å². The summed E-state index contributed by atoms with van der Waals surface area (Å²) < 4.78 is 39.0. The number of hydrogen-bond acceptors (Lipinski definition) is 4. The van der Waals surface area contributed by atoms with Crippen molar-refractivity contribution in [3.63, 3.8) is 0 Å².